The average Bonchev–Trinajstić information content (AvgIpc) is 3.05. The number of nitrogens with one attached hydrogen (secondary N) is 1. The maximum Gasteiger partial charge on any atom is 0.414 e. The van der Waals surface area contributed by atoms with E-state index in [-0.39, 0.29) is 12.0 Å². The van der Waals surface area contributed by atoms with Crippen LogP contribution in [0.3, 0.4) is 0 Å². The maximum absolute atomic E-state index is 12.2. The van der Waals surface area contributed by atoms with Crippen LogP contribution < -0.4 is 10.2 Å². The number of nitrogens with zero attached hydrogens (tertiary/aromatic N) is 1. The minimum atomic E-state index is -0.320. The lowest BCUT2D eigenvalue weighted by molar-refractivity contribution is -0.121. The van der Waals surface area contributed by atoms with E-state index in [0.717, 1.165) is 17.7 Å². The lowest BCUT2D eigenvalue weighted by atomic mass is 10.0. The van der Waals surface area contributed by atoms with E-state index in [2.05, 4.69) is 37.4 Å². The van der Waals surface area contributed by atoms with Gasteiger partial charge in [0.25, 0.3) is 0 Å². The van der Waals surface area contributed by atoms with Gasteiger partial charge in [-0.05, 0) is 49.1 Å². The van der Waals surface area contributed by atoms with E-state index in [1.54, 1.807) is 4.90 Å². The number of cyclic esters (lactones) is 1. The fourth-order valence-corrected chi connectivity index (χ4v) is 3.13. The first-order valence-corrected chi connectivity index (χ1v) is 8.89. The molecule has 0 unspecified atom stereocenters. The van der Waals surface area contributed by atoms with E-state index in [0.29, 0.717) is 26.1 Å². The highest BCUT2D eigenvalue weighted by atomic mass is 16.6. The van der Waals surface area contributed by atoms with Crippen molar-refractivity contribution in [1.82, 2.24) is 5.32 Å². The lowest BCUT2D eigenvalue weighted by Crippen LogP contribution is -2.25. The van der Waals surface area contributed by atoms with Gasteiger partial charge < -0.3 is 10.1 Å². The number of benzene rings is 2. The second-order valence-corrected chi connectivity index (χ2v) is 6.64. The predicted octanol–water partition coefficient (Wildman–Crippen LogP) is 3.51. The van der Waals surface area contributed by atoms with Gasteiger partial charge in [0, 0.05) is 18.7 Å². The summed E-state index contributed by atoms with van der Waals surface area (Å²) in [7, 11) is 0. The zero-order chi connectivity index (χ0) is 18.5. The second kappa shape index (κ2) is 8.04. The van der Waals surface area contributed by atoms with Crippen LogP contribution in [0, 0.1) is 13.8 Å². The number of ether oxygens (including phenoxy) is 1. The van der Waals surface area contributed by atoms with Gasteiger partial charge in [-0.25, -0.2) is 4.79 Å². The minimum absolute atomic E-state index is 0.0240. The first-order chi connectivity index (χ1) is 12.5. The quantitative estimate of drug-likeness (QED) is 0.865. The topological polar surface area (TPSA) is 58.6 Å². The van der Waals surface area contributed by atoms with E-state index in [1.807, 2.05) is 24.3 Å². The van der Waals surface area contributed by atoms with Gasteiger partial charge in [-0.1, -0.05) is 35.9 Å². The summed E-state index contributed by atoms with van der Waals surface area (Å²) in [5.74, 6) is 0.0240. The van der Waals surface area contributed by atoms with Crippen molar-refractivity contribution < 1.29 is 14.3 Å². The zero-order valence-corrected chi connectivity index (χ0v) is 15.2. The van der Waals surface area contributed by atoms with Crippen LogP contribution in [0.1, 0.15) is 28.7 Å². The molecule has 1 heterocycles. The van der Waals surface area contributed by atoms with Crippen LogP contribution in [-0.2, 0) is 22.5 Å². The summed E-state index contributed by atoms with van der Waals surface area (Å²) in [6, 6.07) is 13.9. The Morgan fingerprint density at radius 3 is 2.77 bits per heavy atom. The van der Waals surface area contributed by atoms with Crippen LogP contribution >= 0.6 is 0 Å². The normalized spacial score (nSPS) is 13.6. The number of amides is 2. The molecule has 2 aromatic rings. The Kier molecular flexibility index (Phi) is 5.56. The number of aryl methyl sites for hydroxylation is 3. The smallest absolute Gasteiger partial charge is 0.414 e. The Balaban J connectivity index is 1.52. The van der Waals surface area contributed by atoms with Crippen molar-refractivity contribution in [3.05, 3.63) is 64.7 Å². The third-order valence-electron chi connectivity index (χ3n) is 4.59. The Bertz CT molecular complexity index is 817. The molecule has 1 saturated heterocycles. The predicted molar refractivity (Wildman–Crippen MR) is 101 cm³/mol. The number of anilines is 1. The standard InChI is InChI=1S/C21H24N2O3/c1-15-6-7-18(16(2)12-15)8-9-20(24)22-14-17-4-3-5-19(13-17)23-10-11-26-21(23)25/h3-7,12-13H,8-11,14H2,1-2H3,(H,22,24). The highest BCUT2D eigenvalue weighted by Gasteiger charge is 2.23. The molecule has 5 nitrogen and oxygen atoms in total. The number of carbonyl (C=O) groups is 2. The molecule has 0 spiro atoms. The molecule has 1 fully saturated rings. The molecule has 0 aliphatic carbocycles. The van der Waals surface area contributed by atoms with Crippen molar-refractivity contribution in [3.63, 3.8) is 0 Å². The number of hydrogen-bond donors (Lipinski definition) is 1. The van der Waals surface area contributed by atoms with E-state index >= 15 is 0 Å². The number of rotatable bonds is 6. The summed E-state index contributed by atoms with van der Waals surface area (Å²) in [4.78, 5) is 25.4. The van der Waals surface area contributed by atoms with E-state index < -0.39 is 0 Å². The molecule has 5 heteroatoms. The SMILES string of the molecule is Cc1ccc(CCC(=O)NCc2cccc(N3CCOC3=O)c2)c(C)c1. The molecule has 0 atom stereocenters. The van der Waals surface area contributed by atoms with Crippen molar-refractivity contribution in [2.75, 3.05) is 18.1 Å². The molecular formula is C21H24N2O3. The van der Waals surface area contributed by atoms with Crippen molar-refractivity contribution in [2.24, 2.45) is 0 Å². The summed E-state index contributed by atoms with van der Waals surface area (Å²) in [6.07, 6.45) is 0.874. The van der Waals surface area contributed by atoms with Crippen LogP contribution in [0.15, 0.2) is 42.5 Å². The largest absolute Gasteiger partial charge is 0.447 e. The molecule has 0 bridgehead atoms. The van der Waals surface area contributed by atoms with Gasteiger partial charge >= 0.3 is 6.09 Å². The first-order valence-electron chi connectivity index (χ1n) is 8.89. The van der Waals surface area contributed by atoms with Crippen LogP contribution in [0.2, 0.25) is 0 Å². The van der Waals surface area contributed by atoms with Crippen LogP contribution in [0.5, 0.6) is 0 Å². The molecule has 0 aromatic heterocycles. The Labute approximate surface area is 154 Å². The van der Waals surface area contributed by atoms with Gasteiger partial charge in [0.15, 0.2) is 0 Å². The Morgan fingerprint density at radius 1 is 1.19 bits per heavy atom. The Morgan fingerprint density at radius 2 is 2.04 bits per heavy atom. The molecule has 2 aromatic carbocycles. The molecule has 1 aliphatic rings. The summed E-state index contributed by atoms with van der Waals surface area (Å²) in [5, 5.41) is 2.96. The first kappa shape index (κ1) is 18.0. The molecule has 0 radical (unpaired) electrons. The van der Waals surface area contributed by atoms with Crippen molar-refractivity contribution in [3.8, 4) is 0 Å². The third kappa shape index (κ3) is 4.42. The van der Waals surface area contributed by atoms with Gasteiger partial charge in [-0.2, -0.15) is 0 Å². The summed E-state index contributed by atoms with van der Waals surface area (Å²) in [5.41, 5.74) is 5.43. The van der Waals surface area contributed by atoms with Crippen molar-refractivity contribution in [2.45, 2.75) is 33.2 Å². The van der Waals surface area contributed by atoms with Gasteiger partial charge in [-0.15, -0.1) is 0 Å². The molecule has 3 rings (SSSR count). The second-order valence-electron chi connectivity index (χ2n) is 6.64. The molecule has 1 N–H and O–H groups in total. The van der Waals surface area contributed by atoms with Crippen molar-refractivity contribution in [1.29, 1.82) is 0 Å². The summed E-state index contributed by atoms with van der Waals surface area (Å²) in [6.45, 7) is 5.57. The highest BCUT2D eigenvalue weighted by Crippen LogP contribution is 2.20. The molecule has 0 saturated carbocycles. The monoisotopic (exact) mass is 352 g/mol. The van der Waals surface area contributed by atoms with E-state index in [1.165, 1.54) is 16.7 Å². The molecular weight excluding hydrogens is 328 g/mol. The van der Waals surface area contributed by atoms with Gasteiger partial charge in [0.05, 0.1) is 6.54 Å². The average molecular weight is 352 g/mol. The third-order valence-corrected chi connectivity index (χ3v) is 4.59. The van der Waals surface area contributed by atoms with Gasteiger partial charge in [0.2, 0.25) is 5.91 Å². The fourth-order valence-electron chi connectivity index (χ4n) is 3.13. The summed E-state index contributed by atoms with van der Waals surface area (Å²) >= 11 is 0. The number of carbonyl (C=O) groups excluding carboxylic acids is 2. The minimum Gasteiger partial charge on any atom is -0.447 e. The number of hydrogen-bond acceptors (Lipinski definition) is 3. The summed E-state index contributed by atoms with van der Waals surface area (Å²) < 4.78 is 4.97. The highest BCUT2D eigenvalue weighted by molar-refractivity contribution is 5.89. The molecule has 2 amide bonds. The molecule has 1 aliphatic heterocycles. The van der Waals surface area contributed by atoms with E-state index in [9.17, 15) is 9.59 Å². The van der Waals surface area contributed by atoms with Crippen molar-refractivity contribution >= 4 is 17.7 Å². The zero-order valence-electron chi connectivity index (χ0n) is 15.2. The molecule has 136 valence electrons. The molecule has 26 heavy (non-hydrogen) atoms. The Hall–Kier alpha value is -2.82. The van der Waals surface area contributed by atoms with Gasteiger partial charge in [-0.3, -0.25) is 9.69 Å². The van der Waals surface area contributed by atoms with Crippen LogP contribution in [0.4, 0.5) is 10.5 Å². The lowest BCUT2D eigenvalue weighted by Gasteiger charge is -2.14. The fraction of sp³-hybridized carbons (Fsp3) is 0.333. The van der Waals surface area contributed by atoms with Gasteiger partial charge in [0.1, 0.15) is 6.61 Å². The van der Waals surface area contributed by atoms with Crippen LogP contribution in [0.25, 0.3) is 0 Å². The van der Waals surface area contributed by atoms with E-state index in [4.69, 9.17) is 4.74 Å². The van der Waals surface area contributed by atoms with Crippen LogP contribution in [-0.4, -0.2) is 25.2 Å². The maximum atomic E-state index is 12.2.